The molecule has 6 heteroatoms. The van der Waals surface area contributed by atoms with Gasteiger partial charge in [-0.3, -0.25) is 14.4 Å². The quantitative estimate of drug-likeness (QED) is 0.752. The molecular formula is C22H26N2O4. The van der Waals surface area contributed by atoms with E-state index >= 15 is 0 Å². The van der Waals surface area contributed by atoms with E-state index in [1.165, 1.54) is 0 Å². The number of ether oxygens (including phenoxy) is 1. The number of rotatable bonds is 6. The van der Waals surface area contributed by atoms with Crippen LogP contribution in [0.15, 0.2) is 48.5 Å². The highest BCUT2D eigenvalue weighted by atomic mass is 16.5. The van der Waals surface area contributed by atoms with E-state index < -0.39 is 18.5 Å². The van der Waals surface area contributed by atoms with Gasteiger partial charge in [-0.15, -0.1) is 0 Å². The summed E-state index contributed by atoms with van der Waals surface area (Å²) in [4.78, 5) is 35.7. The SMILES string of the molecule is Cc1ccc(NC(=O)COC(=O)CNC(=O)c2ccc(C(C)(C)C)cc2)cc1. The monoisotopic (exact) mass is 382 g/mol. The van der Waals surface area contributed by atoms with E-state index in [4.69, 9.17) is 4.74 Å². The Kier molecular flexibility index (Phi) is 6.93. The van der Waals surface area contributed by atoms with Crippen LogP contribution in [0.4, 0.5) is 5.69 Å². The summed E-state index contributed by atoms with van der Waals surface area (Å²) in [6.07, 6.45) is 0. The van der Waals surface area contributed by atoms with E-state index in [2.05, 4.69) is 31.4 Å². The van der Waals surface area contributed by atoms with Gasteiger partial charge in [0.25, 0.3) is 11.8 Å². The van der Waals surface area contributed by atoms with Crippen molar-refractivity contribution < 1.29 is 19.1 Å². The zero-order valence-electron chi connectivity index (χ0n) is 16.7. The fourth-order valence-corrected chi connectivity index (χ4v) is 2.41. The minimum Gasteiger partial charge on any atom is -0.454 e. The predicted molar refractivity (Wildman–Crippen MR) is 108 cm³/mol. The molecule has 0 aromatic heterocycles. The van der Waals surface area contributed by atoms with Gasteiger partial charge in [-0.1, -0.05) is 50.6 Å². The number of amides is 2. The summed E-state index contributed by atoms with van der Waals surface area (Å²) in [5.41, 5.74) is 3.27. The van der Waals surface area contributed by atoms with Gasteiger partial charge in [0, 0.05) is 11.3 Å². The fraction of sp³-hybridized carbons (Fsp3) is 0.318. The third kappa shape index (κ3) is 6.54. The van der Waals surface area contributed by atoms with Crippen molar-refractivity contribution in [1.82, 2.24) is 5.32 Å². The standard InChI is InChI=1S/C22H26N2O4/c1-15-5-11-18(12-6-15)24-19(25)14-28-20(26)13-23-21(27)16-7-9-17(10-8-16)22(2,3)4/h5-12H,13-14H2,1-4H3,(H,23,27)(H,24,25). The van der Waals surface area contributed by atoms with Crippen LogP contribution in [0.2, 0.25) is 0 Å². The number of hydrogen-bond acceptors (Lipinski definition) is 4. The average molecular weight is 382 g/mol. The number of nitrogens with one attached hydrogen (secondary N) is 2. The Balaban J connectivity index is 1.74. The van der Waals surface area contributed by atoms with E-state index in [0.29, 0.717) is 11.3 Å². The Morgan fingerprint density at radius 2 is 1.54 bits per heavy atom. The Morgan fingerprint density at radius 1 is 0.929 bits per heavy atom. The molecule has 0 saturated heterocycles. The van der Waals surface area contributed by atoms with Crippen molar-refractivity contribution in [2.75, 3.05) is 18.5 Å². The van der Waals surface area contributed by atoms with Crippen LogP contribution in [0.1, 0.15) is 42.3 Å². The molecule has 2 aromatic carbocycles. The minimum atomic E-state index is -0.682. The third-order valence-corrected chi connectivity index (χ3v) is 4.11. The van der Waals surface area contributed by atoms with Crippen molar-refractivity contribution >= 4 is 23.5 Å². The van der Waals surface area contributed by atoms with Crippen LogP contribution >= 0.6 is 0 Å². The number of hydrogen-bond donors (Lipinski definition) is 2. The lowest BCUT2D eigenvalue weighted by Gasteiger charge is -2.19. The number of carbonyl (C=O) groups excluding carboxylic acids is 3. The normalized spacial score (nSPS) is 10.9. The molecule has 2 amide bonds. The second-order valence-electron chi connectivity index (χ2n) is 7.58. The maximum absolute atomic E-state index is 12.1. The molecule has 0 aliphatic heterocycles. The lowest BCUT2D eigenvalue weighted by molar-refractivity contribution is -0.146. The number of esters is 1. The molecule has 0 atom stereocenters. The van der Waals surface area contributed by atoms with Crippen LogP contribution in [-0.2, 0) is 19.7 Å². The summed E-state index contributed by atoms with van der Waals surface area (Å²) in [6.45, 7) is 7.49. The van der Waals surface area contributed by atoms with Crippen LogP contribution in [-0.4, -0.2) is 30.9 Å². The molecule has 0 saturated carbocycles. The number of anilines is 1. The van der Waals surface area contributed by atoms with Gasteiger partial charge in [0.05, 0.1) is 0 Å². The molecule has 0 aliphatic rings. The zero-order valence-corrected chi connectivity index (χ0v) is 16.7. The van der Waals surface area contributed by atoms with Gasteiger partial charge in [-0.25, -0.2) is 0 Å². The highest BCUT2D eigenvalue weighted by Gasteiger charge is 2.15. The first-order chi connectivity index (χ1) is 13.1. The van der Waals surface area contributed by atoms with Crippen molar-refractivity contribution in [3.8, 4) is 0 Å². The molecule has 28 heavy (non-hydrogen) atoms. The van der Waals surface area contributed by atoms with Crippen LogP contribution < -0.4 is 10.6 Å². The second kappa shape index (κ2) is 9.17. The lowest BCUT2D eigenvalue weighted by Crippen LogP contribution is -2.32. The van der Waals surface area contributed by atoms with Gasteiger partial charge < -0.3 is 15.4 Å². The number of benzene rings is 2. The van der Waals surface area contributed by atoms with E-state index in [-0.39, 0.29) is 17.9 Å². The molecule has 148 valence electrons. The third-order valence-electron chi connectivity index (χ3n) is 4.11. The summed E-state index contributed by atoms with van der Waals surface area (Å²) >= 11 is 0. The number of carbonyl (C=O) groups is 3. The maximum Gasteiger partial charge on any atom is 0.325 e. The molecule has 2 aromatic rings. The summed E-state index contributed by atoms with van der Waals surface area (Å²) in [5.74, 6) is -1.50. The molecule has 0 bridgehead atoms. The van der Waals surface area contributed by atoms with E-state index in [0.717, 1.165) is 11.1 Å². The largest absolute Gasteiger partial charge is 0.454 e. The highest BCUT2D eigenvalue weighted by molar-refractivity contribution is 5.96. The van der Waals surface area contributed by atoms with Crippen molar-refractivity contribution in [2.24, 2.45) is 0 Å². The van der Waals surface area contributed by atoms with E-state index in [1.807, 2.05) is 31.2 Å². The van der Waals surface area contributed by atoms with E-state index in [9.17, 15) is 14.4 Å². The molecule has 0 aliphatic carbocycles. The summed E-state index contributed by atoms with van der Waals surface area (Å²) in [7, 11) is 0. The van der Waals surface area contributed by atoms with Crippen molar-refractivity contribution in [2.45, 2.75) is 33.1 Å². The first-order valence-corrected chi connectivity index (χ1v) is 9.06. The molecule has 0 unspecified atom stereocenters. The average Bonchev–Trinajstić information content (AvgIpc) is 2.65. The van der Waals surface area contributed by atoms with Gasteiger partial charge in [-0.05, 0) is 42.2 Å². The summed E-state index contributed by atoms with van der Waals surface area (Å²) in [5, 5.41) is 5.12. The fourth-order valence-electron chi connectivity index (χ4n) is 2.41. The Hall–Kier alpha value is -3.15. The first-order valence-electron chi connectivity index (χ1n) is 9.06. The maximum atomic E-state index is 12.1. The molecule has 0 spiro atoms. The van der Waals surface area contributed by atoms with Crippen molar-refractivity contribution in [3.05, 3.63) is 65.2 Å². The molecule has 2 N–H and O–H groups in total. The van der Waals surface area contributed by atoms with Crippen LogP contribution in [0.5, 0.6) is 0 Å². The van der Waals surface area contributed by atoms with Crippen LogP contribution in [0.25, 0.3) is 0 Å². The minimum absolute atomic E-state index is 0.00202. The van der Waals surface area contributed by atoms with Crippen LogP contribution in [0, 0.1) is 6.92 Å². The van der Waals surface area contributed by atoms with Crippen molar-refractivity contribution in [3.63, 3.8) is 0 Å². The van der Waals surface area contributed by atoms with Crippen LogP contribution in [0.3, 0.4) is 0 Å². The highest BCUT2D eigenvalue weighted by Crippen LogP contribution is 2.22. The van der Waals surface area contributed by atoms with Gasteiger partial charge in [-0.2, -0.15) is 0 Å². The smallest absolute Gasteiger partial charge is 0.325 e. The van der Waals surface area contributed by atoms with Gasteiger partial charge in [0.2, 0.25) is 0 Å². The summed E-state index contributed by atoms with van der Waals surface area (Å²) < 4.78 is 4.88. The zero-order chi connectivity index (χ0) is 20.7. The molecule has 0 heterocycles. The Morgan fingerprint density at radius 3 is 2.11 bits per heavy atom. The lowest BCUT2D eigenvalue weighted by atomic mass is 9.87. The molecular weight excluding hydrogens is 356 g/mol. The topological polar surface area (TPSA) is 84.5 Å². The molecule has 2 rings (SSSR count). The number of aryl methyl sites for hydroxylation is 1. The predicted octanol–water partition coefficient (Wildman–Crippen LogP) is 3.20. The van der Waals surface area contributed by atoms with Gasteiger partial charge in [0.1, 0.15) is 6.54 Å². The summed E-state index contributed by atoms with van der Waals surface area (Å²) in [6, 6.07) is 14.5. The van der Waals surface area contributed by atoms with Crippen molar-refractivity contribution in [1.29, 1.82) is 0 Å². The molecule has 0 radical (unpaired) electrons. The second-order valence-corrected chi connectivity index (χ2v) is 7.58. The van der Waals surface area contributed by atoms with Gasteiger partial charge >= 0.3 is 5.97 Å². The van der Waals surface area contributed by atoms with Gasteiger partial charge in [0.15, 0.2) is 6.61 Å². The molecule has 0 fully saturated rings. The Bertz CT molecular complexity index is 834. The van der Waals surface area contributed by atoms with E-state index in [1.54, 1.807) is 24.3 Å². The Labute approximate surface area is 165 Å². The molecule has 6 nitrogen and oxygen atoms in total. The first kappa shape index (κ1) is 21.2.